The van der Waals surface area contributed by atoms with Crippen molar-refractivity contribution in [2.45, 2.75) is 38.6 Å². The quantitative estimate of drug-likeness (QED) is 0.814. The number of carbonyl (C=O) groups is 1. The Morgan fingerprint density at radius 2 is 2.29 bits per heavy atom. The highest BCUT2D eigenvalue weighted by molar-refractivity contribution is 5.92. The van der Waals surface area contributed by atoms with Crippen LogP contribution in [0.25, 0.3) is 0 Å². The van der Waals surface area contributed by atoms with Crippen molar-refractivity contribution in [3.63, 3.8) is 0 Å². The molecule has 1 aliphatic rings. The summed E-state index contributed by atoms with van der Waals surface area (Å²) >= 11 is 0. The van der Waals surface area contributed by atoms with Crippen molar-refractivity contribution in [1.29, 1.82) is 0 Å². The van der Waals surface area contributed by atoms with Crippen LogP contribution < -0.4 is 10.9 Å². The largest absolute Gasteiger partial charge is 0.348 e. The van der Waals surface area contributed by atoms with Gasteiger partial charge in [0.05, 0.1) is 0 Å². The summed E-state index contributed by atoms with van der Waals surface area (Å²) in [5.41, 5.74) is 0.0969. The van der Waals surface area contributed by atoms with E-state index in [0.717, 1.165) is 18.8 Å². The predicted octanol–water partition coefficient (Wildman–Crippen LogP) is 1.68. The van der Waals surface area contributed by atoms with Crippen LogP contribution in [0.1, 0.15) is 43.1 Å². The number of aromatic nitrogens is 1. The third-order valence-corrected chi connectivity index (χ3v) is 3.16. The SMILES string of the molecule is CCC(CC1CC1)NC(=O)c1cccc(=O)[nH]1. The monoisotopic (exact) mass is 234 g/mol. The van der Waals surface area contributed by atoms with Gasteiger partial charge in [-0.05, 0) is 24.8 Å². The molecule has 4 heteroatoms. The normalized spacial score (nSPS) is 16.5. The van der Waals surface area contributed by atoms with Gasteiger partial charge >= 0.3 is 0 Å². The first-order valence-electron chi connectivity index (χ1n) is 6.19. The molecule has 0 aromatic carbocycles. The number of hydrogen-bond acceptors (Lipinski definition) is 2. The molecule has 1 aromatic rings. The minimum Gasteiger partial charge on any atom is -0.348 e. The summed E-state index contributed by atoms with van der Waals surface area (Å²) in [6.45, 7) is 2.07. The van der Waals surface area contributed by atoms with E-state index in [1.165, 1.54) is 18.9 Å². The molecule has 0 radical (unpaired) electrons. The summed E-state index contributed by atoms with van der Waals surface area (Å²) in [6.07, 6.45) is 4.56. The Kier molecular flexibility index (Phi) is 3.61. The number of H-pyrrole nitrogens is 1. The molecule has 1 fully saturated rings. The maximum absolute atomic E-state index is 11.9. The molecule has 1 saturated carbocycles. The Bertz CT molecular complexity index is 449. The molecular formula is C13H18N2O2. The van der Waals surface area contributed by atoms with Crippen molar-refractivity contribution in [2.75, 3.05) is 0 Å². The number of amides is 1. The van der Waals surface area contributed by atoms with Crippen molar-refractivity contribution in [1.82, 2.24) is 10.3 Å². The van der Waals surface area contributed by atoms with Crippen LogP contribution in [0.3, 0.4) is 0 Å². The average Bonchev–Trinajstić information content (AvgIpc) is 3.12. The molecule has 1 amide bonds. The van der Waals surface area contributed by atoms with Crippen LogP contribution in [0.4, 0.5) is 0 Å². The zero-order chi connectivity index (χ0) is 12.3. The fraction of sp³-hybridized carbons (Fsp3) is 0.538. The van der Waals surface area contributed by atoms with E-state index < -0.39 is 0 Å². The Hall–Kier alpha value is -1.58. The van der Waals surface area contributed by atoms with Gasteiger partial charge in [-0.25, -0.2) is 0 Å². The lowest BCUT2D eigenvalue weighted by atomic mass is 10.1. The first-order valence-corrected chi connectivity index (χ1v) is 6.19. The molecule has 1 atom stereocenters. The predicted molar refractivity (Wildman–Crippen MR) is 65.9 cm³/mol. The second-order valence-corrected chi connectivity index (χ2v) is 4.69. The Morgan fingerprint density at radius 3 is 2.88 bits per heavy atom. The van der Waals surface area contributed by atoms with Gasteiger partial charge in [0.1, 0.15) is 5.69 Å². The zero-order valence-corrected chi connectivity index (χ0v) is 10.0. The summed E-state index contributed by atoms with van der Waals surface area (Å²) in [4.78, 5) is 25.5. The molecule has 0 aliphatic heterocycles. The van der Waals surface area contributed by atoms with Crippen molar-refractivity contribution in [3.8, 4) is 0 Å². The van der Waals surface area contributed by atoms with Crippen LogP contribution in [0.2, 0.25) is 0 Å². The van der Waals surface area contributed by atoms with E-state index in [1.807, 2.05) is 0 Å². The van der Waals surface area contributed by atoms with Crippen LogP contribution in [0.5, 0.6) is 0 Å². The van der Waals surface area contributed by atoms with Crippen LogP contribution in [-0.2, 0) is 0 Å². The van der Waals surface area contributed by atoms with Gasteiger partial charge in [0.2, 0.25) is 5.56 Å². The average molecular weight is 234 g/mol. The minimum atomic E-state index is -0.243. The van der Waals surface area contributed by atoms with Crippen LogP contribution in [0, 0.1) is 5.92 Å². The summed E-state index contributed by atoms with van der Waals surface area (Å²) in [6, 6.07) is 4.84. The summed E-state index contributed by atoms with van der Waals surface area (Å²) in [5.74, 6) is 0.602. The van der Waals surface area contributed by atoms with E-state index in [0.29, 0.717) is 5.69 Å². The van der Waals surface area contributed by atoms with Crippen molar-refractivity contribution < 1.29 is 4.79 Å². The molecule has 17 heavy (non-hydrogen) atoms. The van der Waals surface area contributed by atoms with Crippen LogP contribution in [0.15, 0.2) is 23.0 Å². The van der Waals surface area contributed by atoms with Gasteiger partial charge in [0, 0.05) is 12.1 Å². The number of carbonyl (C=O) groups excluding carboxylic acids is 1. The third-order valence-electron chi connectivity index (χ3n) is 3.16. The van der Waals surface area contributed by atoms with Crippen LogP contribution >= 0.6 is 0 Å². The molecule has 1 unspecified atom stereocenters. The van der Waals surface area contributed by atoms with Crippen molar-refractivity contribution in [2.24, 2.45) is 5.92 Å². The van der Waals surface area contributed by atoms with Gasteiger partial charge in [0.25, 0.3) is 5.91 Å². The maximum atomic E-state index is 11.9. The Balaban J connectivity index is 1.96. The van der Waals surface area contributed by atoms with E-state index >= 15 is 0 Å². The number of pyridine rings is 1. The lowest BCUT2D eigenvalue weighted by molar-refractivity contribution is 0.0927. The zero-order valence-electron chi connectivity index (χ0n) is 10.0. The molecule has 2 N–H and O–H groups in total. The molecule has 92 valence electrons. The summed E-state index contributed by atoms with van der Waals surface area (Å²) in [7, 11) is 0. The number of aromatic amines is 1. The highest BCUT2D eigenvalue weighted by Crippen LogP contribution is 2.34. The molecular weight excluding hydrogens is 216 g/mol. The van der Waals surface area contributed by atoms with E-state index in [1.54, 1.807) is 12.1 Å². The summed E-state index contributed by atoms with van der Waals surface area (Å²) < 4.78 is 0. The maximum Gasteiger partial charge on any atom is 0.268 e. The van der Waals surface area contributed by atoms with E-state index in [-0.39, 0.29) is 17.5 Å². The topological polar surface area (TPSA) is 62.0 Å². The molecule has 0 spiro atoms. The van der Waals surface area contributed by atoms with Gasteiger partial charge in [-0.15, -0.1) is 0 Å². The highest BCUT2D eigenvalue weighted by Gasteiger charge is 2.25. The van der Waals surface area contributed by atoms with Gasteiger partial charge in [-0.2, -0.15) is 0 Å². The van der Waals surface area contributed by atoms with E-state index in [9.17, 15) is 9.59 Å². The lowest BCUT2D eigenvalue weighted by Crippen LogP contribution is -2.35. The van der Waals surface area contributed by atoms with Crippen LogP contribution in [-0.4, -0.2) is 16.9 Å². The fourth-order valence-corrected chi connectivity index (χ4v) is 1.93. The molecule has 4 nitrogen and oxygen atoms in total. The molecule has 0 saturated heterocycles. The number of rotatable bonds is 5. The van der Waals surface area contributed by atoms with E-state index in [4.69, 9.17) is 0 Å². The lowest BCUT2D eigenvalue weighted by Gasteiger charge is -2.16. The molecule has 1 heterocycles. The Labute approximate surface area is 100 Å². The minimum absolute atomic E-state index is 0.185. The number of nitrogens with one attached hydrogen (secondary N) is 2. The first-order chi connectivity index (χ1) is 8.19. The highest BCUT2D eigenvalue weighted by atomic mass is 16.2. The smallest absolute Gasteiger partial charge is 0.268 e. The molecule has 1 aliphatic carbocycles. The van der Waals surface area contributed by atoms with Crippen molar-refractivity contribution in [3.05, 3.63) is 34.2 Å². The van der Waals surface area contributed by atoms with Gasteiger partial charge in [-0.1, -0.05) is 25.8 Å². The summed E-state index contributed by atoms with van der Waals surface area (Å²) in [5, 5.41) is 2.97. The molecule has 2 rings (SSSR count). The van der Waals surface area contributed by atoms with Gasteiger partial charge < -0.3 is 10.3 Å². The third kappa shape index (κ3) is 3.44. The van der Waals surface area contributed by atoms with Gasteiger partial charge in [-0.3, -0.25) is 9.59 Å². The number of hydrogen-bond donors (Lipinski definition) is 2. The second kappa shape index (κ2) is 5.17. The fourth-order valence-electron chi connectivity index (χ4n) is 1.93. The second-order valence-electron chi connectivity index (χ2n) is 4.69. The van der Waals surface area contributed by atoms with Crippen molar-refractivity contribution >= 4 is 5.91 Å². The molecule has 0 bridgehead atoms. The van der Waals surface area contributed by atoms with E-state index in [2.05, 4.69) is 17.2 Å². The Morgan fingerprint density at radius 1 is 1.53 bits per heavy atom. The first kappa shape index (κ1) is 11.9. The van der Waals surface area contributed by atoms with Gasteiger partial charge in [0.15, 0.2) is 0 Å². The molecule has 1 aromatic heterocycles. The standard InChI is InChI=1S/C13H18N2O2/c1-2-10(8-9-6-7-9)14-13(17)11-4-3-5-12(16)15-11/h3-5,9-10H,2,6-8H2,1H3,(H,14,17)(H,15,16).